The second kappa shape index (κ2) is 11.3. The molecule has 2 nitrogen and oxygen atoms in total. The average molecular weight is 274 g/mol. The van der Waals surface area contributed by atoms with Crippen LogP contribution >= 0.6 is 0 Å². The van der Waals surface area contributed by atoms with Gasteiger partial charge in [-0.15, -0.1) is 0 Å². The van der Waals surface area contributed by atoms with Crippen LogP contribution in [0.5, 0.6) is 0 Å². The number of carbonyl (C=O) groups is 1. The van der Waals surface area contributed by atoms with Gasteiger partial charge in [-0.2, -0.15) is 0 Å². The van der Waals surface area contributed by atoms with E-state index in [1.807, 2.05) is 55.4 Å². The Labute approximate surface area is 122 Å². The molecule has 0 saturated carbocycles. The highest BCUT2D eigenvalue weighted by Crippen LogP contribution is 2.36. The zero-order valence-corrected chi connectivity index (χ0v) is 15.4. The molecule has 0 aliphatic heterocycles. The molecule has 0 spiro atoms. The SMILES string of the molecule is CC.CC.CCC(C)(C)CC(C)(C)C(=O)NC(C)C. The van der Waals surface area contributed by atoms with E-state index in [2.05, 4.69) is 26.1 Å². The summed E-state index contributed by atoms with van der Waals surface area (Å²) in [5.74, 6) is 0.166. The number of amides is 1. The minimum atomic E-state index is -0.274. The second-order valence-electron chi connectivity index (χ2n) is 6.21. The predicted octanol–water partition coefficient (Wildman–Crippen LogP) is 5.42. The summed E-state index contributed by atoms with van der Waals surface area (Å²) in [7, 11) is 0. The molecule has 0 aliphatic rings. The van der Waals surface area contributed by atoms with Crippen molar-refractivity contribution in [2.24, 2.45) is 10.8 Å². The van der Waals surface area contributed by atoms with E-state index in [1.54, 1.807) is 0 Å². The third-order valence-electron chi connectivity index (χ3n) is 2.91. The van der Waals surface area contributed by atoms with Gasteiger partial charge in [0.2, 0.25) is 5.91 Å². The van der Waals surface area contributed by atoms with Crippen LogP contribution in [0.1, 0.15) is 89.0 Å². The molecule has 0 fully saturated rings. The second-order valence-corrected chi connectivity index (χ2v) is 6.21. The van der Waals surface area contributed by atoms with Gasteiger partial charge in [0.05, 0.1) is 0 Å². The van der Waals surface area contributed by atoms with Crippen molar-refractivity contribution < 1.29 is 4.79 Å². The van der Waals surface area contributed by atoms with Gasteiger partial charge in [0.1, 0.15) is 0 Å². The van der Waals surface area contributed by atoms with Gasteiger partial charge in [0.15, 0.2) is 0 Å². The molecule has 0 aromatic heterocycles. The molecule has 0 aliphatic carbocycles. The van der Waals surface area contributed by atoms with E-state index in [0.29, 0.717) is 0 Å². The van der Waals surface area contributed by atoms with Crippen LogP contribution in [-0.2, 0) is 4.79 Å². The van der Waals surface area contributed by atoms with Gasteiger partial charge < -0.3 is 5.32 Å². The van der Waals surface area contributed by atoms with E-state index in [9.17, 15) is 4.79 Å². The molecular formula is C17H39NO. The van der Waals surface area contributed by atoms with Gasteiger partial charge in [0.25, 0.3) is 0 Å². The first-order chi connectivity index (χ1) is 8.60. The van der Waals surface area contributed by atoms with E-state index in [4.69, 9.17) is 0 Å². The molecule has 1 amide bonds. The molecule has 0 aromatic rings. The summed E-state index contributed by atoms with van der Waals surface area (Å²) in [5, 5.41) is 2.99. The molecule has 19 heavy (non-hydrogen) atoms. The Kier molecular flexibility index (Phi) is 14.0. The van der Waals surface area contributed by atoms with E-state index in [0.717, 1.165) is 12.8 Å². The Morgan fingerprint density at radius 2 is 1.37 bits per heavy atom. The molecular weight excluding hydrogens is 234 g/mol. The zero-order chi connectivity index (χ0) is 16.3. The Hall–Kier alpha value is -0.530. The van der Waals surface area contributed by atoms with Gasteiger partial charge in [-0.25, -0.2) is 0 Å². The first kappa shape index (κ1) is 23.6. The minimum Gasteiger partial charge on any atom is -0.353 e. The standard InChI is InChI=1S/C13H27NO.2C2H6/c1-8-12(4,5)9-13(6,7)11(15)14-10(2)3;2*1-2/h10H,8-9H2,1-7H3,(H,14,15);2*1-2H3. The summed E-state index contributed by atoms with van der Waals surface area (Å²) in [6.45, 7) is 22.7. The van der Waals surface area contributed by atoms with Crippen molar-refractivity contribution in [1.82, 2.24) is 5.32 Å². The van der Waals surface area contributed by atoms with Gasteiger partial charge in [-0.3, -0.25) is 4.79 Å². The van der Waals surface area contributed by atoms with Crippen LogP contribution in [0.2, 0.25) is 0 Å². The van der Waals surface area contributed by atoms with Gasteiger partial charge >= 0.3 is 0 Å². The fourth-order valence-corrected chi connectivity index (χ4v) is 1.86. The number of nitrogens with one attached hydrogen (secondary N) is 1. The van der Waals surface area contributed by atoms with E-state index in [-0.39, 0.29) is 22.8 Å². The van der Waals surface area contributed by atoms with Crippen LogP contribution < -0.4 is 5.32 Å². The van der Waals surface area contributed by atoms with E-state index in [1.165, 1.54) is 0 Å². The molecule has 0 rings (SSSR count). The largest absolute Gasteiger partial charge is 0.353 e. The molecule has 0 aromatic carbocycles. The number of carbonyl (C=O) groups excluding carboxylic acids is 1. The molecule has 0 bridgehead atoms. The van der Waals surface area contributed by atoms with Gasteiger partial charge in [-0.1, -0.05) is 68.7 Å². The highest BCUT2D eigenvalue weighted by molar-refractivity contribution is 5.82. The van der Waals surface area contributed by atoms with Crippen molar-refractivity contribution in [3.8, 4) is 0 Å². The first-order valence-electron chi connectivity index (χ1n) is 7.92. The lowest BCUT2D eigenvalue weighted by Gasteiger charge is -2.33. The maximum atomic E-state index is 12.0. The number of rotatable bonds is 5. The number of hydrogen-bond donors (Lipinski definition) is 1. The highest BCUT2D eigenvalue weighted by atomic mass is 16.2. The van der Waals surface area contributed by atoms with Crippen molar-refractivity contribution in [2.75, 3.05) is 0 Å². The van der Waals surface area contributed by atoms with Crippen LogP contribution in [0.15, 0.2) is 0 Å². The normalized spacial score (nSPS) is 10.9. The Bertz CT molecular complexity index is 217. The molecule has 0 saturated heterocycles. The predicted molar refractivity (Wildman–Crippen MR) is 88.4 cm³/mol. The monoisotopic (exact) mass is 273 g/mol. The lowest BCUT2D eigenvalue weighted by molar-refractivity contribution is -0.131. The van der Waals surface area contributed by atoms with Crippen molar-refractivity contribution in [2.45, 2.75) is 95.0 Å². The summed E-state index contributed by atoms with van der Waals surface area (Å²) in [6, 6.07) is 0.224. The lowest BCUT2D eigenvalue weighted by Crippen LogP contribution is -2.42. The van der Waals surface area contributed by atoms with Crippen LogP contribution in [0.25, 0.3) is 0 Å². The zero-order valence-electron chi connectivity index (χ0n) is 15.4. The van der Waals surface area contributed by atoms with E-state index >= 15 is 0 Å². The molecule has 1 N–H and O–H groups in total. The van der Waals surface area contributed by atoms with Crippen molar-refractivity contribution >= 4 is 5.91 Å². The quantitative estimate of drug-likeness (QED) is 0.712. The number of hydrogen-bond acceptors (Lipinski definition) is 1. The fourth-order valence-electron chi connectivity index (χ4n) is 1.86. The van der Waals surface area contributed by atoms with E-state index < -0.39 is 0 Å². The third-order valence-corrected chi connectivity index (χ3v) is 2.91. The van der Waals surface area contributed by atoms with Crippen molar-refractivity contribution in [1.29, 1.82) is 0 Å². The van der Waals surface area contributed by atoms with Gasteiger partial charge in [0, 0.05) is 11.5 Å². The van der Waals surface area contributed by atoms with Crippen LogP contribution in [0.4, 0.5) is 0 Å². The minimum absolute atomic E-state index is 0.166. The Morgan fingerprint density at radius 1 is 1.00 bits per heavy atom. The fraction of sp³-hybridized carbons (Fsp3) is 0.941. The summed E-state index contributed by atoms with van der Waals surface area (Å²) in [6.07, 6.45) is 2.03. The summed E-state index contributed by atoms with van der Waals surface area (Å²) >= 11 is 0. The maximum Gasteiger partial charge on any atom is 0.225 e. The van der Waals surface area contributed by atoms with Crippen molar-refractivity contribution in [3.05, 3.63) is 0 Å². The highest BCUT2D eigenvalue weighted by Gasteiger charge is 2.33. The van der Waals surface area contributed by atoms with Crippen LogP contribution in [0.3, 0.4) is 0 Å². The Morgan fingerprint density at radius 3 is 1.63 bits per heavy atom. The average Bonchev–Trinajstić information content (AvgIpc) is 2.32. The Balaban J connectivity index is -0.000000579. The summed E-state index contributed by atoms with van der Waals surface area (Å²) in [5.41, 5.74) is -0.0401. The molecule has 0 radical (unpaired) electrons. The topological polar surface area (TPSA) is 29.1 Å². The third kappa shape index (κ3) is 12.3. The first-order valence-corrected chi connectivity index (χ1v) is 7.92. The smallest absolute Gasteiger partial charge is 0.225 e. The molecule has 2 heteroatoms. The maximum absolute atomic E-state index is 12.0. The van der Waals surface area contributed by atoms with Crippen molar-refractivity contribution in [3.63, 3.8) is 0 Å². The summed E-state index contributed by atoms with van der Waals surface area (Å²) < 4.78 is 0. The summed E-state index contributed by atoms with van der Waals surface area (Å²) in [4.78, 5) is 12.0. The molecule has 0 heterocycles. The molecule has 0 unspecified atom stereocenters. The molecule has 118 valence electrons. The molecule has 0 atom stereocenters. The van der Waals surface area contributed by atoms with Crippen LogP contribution in [0, 0.1) is 10.8 Å². The lowest BCUT2D eigenvalue weighted by atomic mass is 9.73. The van der Waals surface area contributed by atoms with Gasteiger partial charge in [-0.05, 0) is 25.7 Å². The van der Waals surface area contributed by atoms with Crippen LogP contribution in [-0.4, -0.2) is 11.9 Å².